The van der Waals surface area contributed by atoms with Gasteiger partial charge in [-0.05, 0) is 26.0 Å². The minimum absolute atomic E-state index is 0.00207. The molecule has 0 fully saturated rings. The third kappa shape index (κ3) is 13.2. The largest absolute Gasteiger partial charge is 0.461 e. The van der Waals surface area contributed by atoms with Gasteiger partial charge in [-0.1, -0.05) is 39.0 Å². The monoisotopic (exact) mass is 469 g/mol. The lowest BCUT2D eigenvalue weighted by Gasteiger charge is -2.14. The highest BCUT2D eigenvalue weighted by Crippen LogP contribution is 2.13. The maximum absolute atomic E-state index is 12.2. The van der Waals surface area contributed by atoms with Crippen LogP contribution in [-0.2, 0) is 23.9 Å². The Kier molecular flexibility index (Phi) is 19.1. The zero-order valence-electron chi connectivity index (χ0n) is 19.4. The molecule has 0 aromatic heterocycles. The molecule has 0 aliphatic heterocycles. The van der Waals surface area contributed by atoms with E-state index in [4.69, 9.17) is 21.1 Å². The molecule has 178 valence electrons. The number of halogens is 1. The lowest BCUT2D eigenvalue weighted by molar-refractivity contribution is -0.138. The van der Waals surface area contributed by atoms with Crippen LogP contribution >= 0.6 is 11.6 Å². The summed E-state index contributed by atoms with van der Waals surface area (Å²) in [6.07, 6.45) is 0.879. The number of benzene rings is 1. The van der Waals surface area contributed by atoms with Crippen molar-refractivity contribution < 1.29 is 28.7 Å². The van der Waals surface area contributed by atoms with Gasteiger partial charge in [0.1, 0.15) is 11.6 Å². The fourth-order valence-electron chi connectivity index (χ4n) is 1.88. The van der Waals surface area contributed by atoms with E-state index < -0.39 is 11.9 Å². The number of nitrogens with one attached hydrogen (secondary N) is 1. The van der Waals surface area contributed by atoms with Gasteiger partial charge in [-0.2, -0.15) is 0 Å². The fraction of sp³-hybridized carbons (Fsp3) is 0.409. The fourth-order valence-corrected chi connectivity index (χ4v) is 1.88. The second-order valence-corrected chi connectivity index (χ2v) is 6.02. The quantitative estimate of drug-likeness (QED) is 0.113. The van der Waals surface area contributed by atoms with E-state index in [-0.39, 0.29) is 36.0 Å². The number of likely N-dealkylation sites (N-methyl/N-ethyl adjacent to an activating group) is 1. The molecule has 0 atom stereocenters. The number of carbonyl (C=O) groups excluding carboxylic acids is 4. The molecule has 0 bridgehead atoms. The number of esters is 2. The number of alkyl halides is 1. The summed E-state index contributed by atoms with van der Waals surface area (Å²) >= 11 is 5.00. The first-order valence-corrected chi connectivity index (χ1v) is 10.5. The van der Waals surface area contributed by atoms with Gasteiger partial charge in [0.05, 0.1) is 18.7 Å². The molecule has 0 radical (unpaired) electrons. The number of hydrogen-bond acceptors (Lipinski definition) is 7. The summed E-state index contributed by atoms with van der Waals surface area (Å²) in [6, 6.07) is 8.19. The van der Waals surface area contributed by atoms with Gasteiger partial charge in [-0.15, -0.1) is 11.6 Å². The molecular weight excluding hydrogens is 438 g/mol. The molecule has 0 aliphatic rings. The van der Waals surface area contributed by atoms with E-state index in [1.807, 2.05) is 20.8 Å². The molecular formula is C22H32ClN3O6. The molecule has 1 aromatic rings. The van der Waals surface area contributed by atoms with Crippen molar-refractivity contribution in [2.75, 3.05) is 26.1 Å². The van der Waals surface area contributed by atoms with Crippen molar-refractivity contribution in [3.05, 3.63) is 47.4 Å². The molecule has 32 heavy (non-hydrogen) atoms. The van der Waals surface area contributed by atoms with E-state index in [1.165, 1.54) is 18.9 Å². The number of nitrogens with zero attached hydrogens (tertiary/aromatic N) is 2. The van der Waals surface area contributed by atoms with Crippen LogP contribution in [0.4, 0.5) is 0 Å². The van der Waals surface area contributed by atoms with Gasteiger partial charge in [0.2, 0.25) is 12.8 Å². The Labute approximate surface area is 194 Å². The van der Waals surface area contributed by atoms with Crippen molar-refractivity contribution in [2.24, 2.45) is 4.99 Å². The van der Waals surface area contributed by atoms with Gasteiger partial charge >= 0.3 is 11.9 Å². The topological polar surface area (TPSA) is 114 Å². The summed E-state index contributed by atoms with van der Waals surface area (Å²) in [5.74, 6) is -0.908. The number of aliphatic imine (C=N–C) groups is 1. The maximum atomic E-state index is 12.2. The van der Waals surface area contributed by atoms with Gasteiger partial charge in [-0.25, -0.2) is 14.6 Å². The van der Waals surface area contributed by atoms with Gasteiger partial charge < -0.3 is 19.7 Å². The van der Waals surface area contributed by atoms with Crippen LogP contribution in [0.15, 0.2) is 46.8 Å². The van der Waals surface area contributed by atoms with Crippen LogP contribution in [0.25, 0.3) is 0 Å². The number of amides is 2. The highest BCUT2D eigenvalue weighted by molar-refractivity contribution is 6.17. The number of rotatable bonds is 9. The summed E-state index contributed by atoms with van der Waals surface area (Å²) in [5, 5.41) is 2.30. The minimum atomic E-state index is -0.838. The van der Waals surface area contributed by atoms with Crippen LogP contribution in [0.3, 0.4) is 0 Å². The van der Waals surface area contributed by atoms with Crippen molar-refractivity contribution in [2.45, 2.75) is 34.6 Å². The summed E-state index contributed by atoms with van der Waals surface area (Å²) in [6.45, 7) is 8.86. The first kappa shape index (κ1) is 31.0. The van der Waals surface area contributed by atoms with Crippen molar-refractivity contribution in [1.82, 2.24) is 10.2 Å². The zero-order valence-corrected chi connectivity index (χ0v) is 20.1. The predicted molar refractivity (Wildman–Crippen MR) is 124 cm³/mol. The standard InChI is InChI=1S/C18H21N3O6.C2H5Cl.C2H6/c1-4-26-18(25)16(20-15(19-11-22)10-21(3)12-23)13(2)27-17(24)14-8-6-5-7-9-14;1-2-3;1-2/h5-9,11-12H,4,10H2,1-3H3,(H,19,20,22);2H2,1H3;1-2H3/b16-13+;;. The molecule has 0 saturated carbocycles. The van der Waals surface area contributed by atoms with Crippen LogP contribution in [0.2, 0.25) is 0 Å². The van der Waals surface area contributed by atoms with Crippen molar-refractivity contribution >= 4 is 42.2 Å². The first-order chi connectivity index (χ1) is 15.3. The second kappa shape index (κ2) is 19.7. The summed E-state index contributed by atoms with van der Waals surface area (Å²) in [5.41, 5.74) is -0.0132. The summed E-state index contributed by atoms with van der Waals surface area (Å²) in [7, 11) is 1.46. The first-order valence-electron chi connectivity index (χ1n) is 9.98. The Balaban J connectivity index is 0. The summed E-state index contributed by atoms with van der Waals surface area (Å²) < 4.78 is 10.1. The molecule has 0 saturated heterocycles. The smallest absolute Gasteiger partial charge is 0.360 e. The van der Waals surface area contributed by atoms with Crippen molar-refractivity contribution in [3.8, 4) is 0 Å². The number of amidine groups is 1. The molecule has 1 aromatic carbocycles. The van der Waals surface area contributed by atoms with Gasteiger partial charge in [0.25, 0.3) is 0 Å². The minimum Gasteiger partial charge on any atom is -0.461 e. The molecule has 2 amide bonds. The molecule has 1 N–H and O–H groups in total. The van der Waals surface area contributed by atoms with E-state index in [2.05, 4.69) is 10.3 Å². The third-order valence-corrected chi connectivity index (χ3v) is 3.11. The molecule has 0 aliphatic carbocycles. The lowest BCUT2D eigenvalue weighted by Crippen LogP contribution is -2.34. The van der Waals surface area contributed by atoms with Crippen LogP contribution in [-0.4, -0.2) is 61.6 Å². The Bertz CT molecular complexity index is 766. The SMILES string of the molecule is CC.CCCl.CCOC(=O)/C(N=C(CN(C)C=O)NC=O)=C(/C)OC(=O)c1ccccc1. The van der Waals surface area contributed by atoms with E-state index in [1.54, 1.807) is 37.3 Å². The van der Waals surface area contributed by atoms with E-state index in [0.717, 1.165) is 5.88 Å². The van der Waals surface area contributed by atoms with Gasteiger partial charge in [0, 0.05) is 12.9 Å². The average molecular weight is 470 g/mol. The maximum Gasteiger partial charge on any atom is 0.360 e. The van der Waals surface area contributed by atoms with Crippen LogP contribution in [0.1, 0.15) is 45.0 Å². The van der Waals surface area contributed by atoms with Crippen molar-refractivity contribution in [1.29, 1.82) is 0 Å². The molecule has 10 heteroatoms. The van der Waals surface area contributed by atoms with Crippen LogP contribution in [0, 0.1) is 0 Å². The van der Waals surface area contributed by atoms with Crippen LogP contribution in [0.5, 0.6) is 0 Å². The number of hydrogen-bond donors (Lipinski definition) is 1. The lowest BCUT2D eigenvalue weighted by atomic mass is 10.2. The number of allylic oxidation sites excluding steroid dienone is 1. The van der Waals surface area contributed by atoms with E-state index in [0.29, 0.717) is 12.8 Å². The molecule has 0 unspecified atom stereocenters. The van der Waals surface area contributed by atoms with Gasteiger partial charge in [0.15, 0.2) is 5.70 Å². The summed E-state index contributed by atoms with van der Waals surface area (Å²) in [4.78, 5) is 51.2. The Morgan fingerprint density at radius 1 is 1.16 bits per heavy atom. The number of carbonyl (C=O) groups is 4. The average Bonchev–Trinajstić information content (AvgIpc) is 2.79. The molecule has 0 heterocycles. The highest BCUT2D eigenvalue weighted by Gasteiger charge is 2.19. The van der Waals surface area contributed by atoms with Gasteiger partial charge in [-0.3, -0.25) is 9.59 Å². The highest BCUT2D eigenvalue weighted by atomic mass is 35.5. The second-order valence-electron chi connectivity index (χ2n) is 5.49. The molecule has 0 spiro atoms. The predicted octanol–water partition coefficient (Wildman–Crippen LogP) is 3.14. The van der Waals surface area contributed by atoms with E-state index in [9.17, 15) is 19.2 Å². The Hall–Kier alpha value is -3.20. The normalized spacial score (nSPS) is 10.7. The van der Waals surface area contributed by atoms with Crippen molar-refractivity contribution in [3.63, 3.8) is 0 Å². The van der Waals surface area contributed by atoms with Crippen LogP contribution < -0.4 is 5.32 Å². The number of ether oxygens (including phenoxy) is 2. The Morgan fingerprint density at radius 3 is 2.19 bits per heavy atom. The Morgan fingerprint density at radius 2 is 1.72 bits per heavy atom. The van der Waals surface area contributed by atoms with E-state index >= 15 is 0 Å². The molecule has 9 nitrogen and oxygen atoms in total. The zero-order chi connectivity index (χ0) is 24.9. The third-order valence-electron chi connectivity index (χ3n) is 3.11. The molecule has 1 rings (SSSR count).